The van der Waals surface area contributed by atoms with Crippen LogP contribution in [0.25, 0.3) is 0 Å². The highest BCUT2D eigenvalue weighted by atomic mass is 32.2. The van der Waals surface area contributed by atoms with E-state index in [2.05, 4.69) is 5.32 Å². The Morgan fingerprint density at radius 2 is 1.56 bits per heavy atom. The lowest BCUT2D eigenvalue weighted by molar-refractivity contribution is -0.114. The SMILES string of the molecule is CCOc1ccc(N(CC(=O)Nc2ccccc2C(C)C)S(=O)(=O)c2ccccc2)cc1. The molecule has 0 aliphatic rings. The van der Waals surface area contributed by atoms with Crippen LogP contribution in [0.15, 0.2) is 83.8 Å². The van der Waals surface area contributed by atoms with E-state index in [1.165, 1.54) is 12.1 Å². The molecule has 168 valence electrons. The highest BCUT2D eigenvalue weighted by Gasteiger charge is 2.27. The van der Waals surface area contributed by atoms with Gasteiger partial charge in [-0.25, -0.2) is 8.42 Å². The van der Waals surface area contributed by atoms with Crippen molar-refractivity contribution < 1.29 is 17.9 Å². The van der Waals surface area contributed by atoms with Crippen LogP contribution in [0.1, 0.15) is 32.3 Å². The highest BCUT2D eigenvalue weighted by molar-refractivity contribution is 7.92. The predicted octanol–water partition coefficient (Wildman–Crippen LogP) is 5.04. The molecule has 0 aliphatic carbocycles. The van der Waals surface area contributed by atoms with Gasteiger partial charge in [-0.05, 0) is 60.9 Å². The third-order valence-corrected chi connectivity index (χ3v) is 6.70. The maximum Gasteiger partial charge on any atom is 0.264 e. The van der Waals surface area contributed by atoms with Crippen LogP contribution < -0.4 is 14.4 Å². The fourth-order valence-electron chi connectivity index (χ4n) is 3.34. The number of anilines is 2. The van der Waals surface area contributed by atoms with E-state index in [4.69, 9.17) is 4.74 Å². The Balaban J connectivity index is 1.93. The zero-order valence-electron chi connectivity index (χ0n) is 18.5. The second kappa shape index (κ2) is 10.3. The molecule has 3 aromatic carbocycles. The number of hydrogen-bond donors (Lipinski definition) is 1. The maximum absolute atomic E-state index is 13.4. The number of rotatable bonds is 9. The van der Waals surface area contributed by atoms with Crippen molar-refractivity contribution in [3.05, 3.63) is 84.4 Å². The van der Waals surface area contributed by atoms with Crippen molar-refractivity contribution in [2.75, 3.05) is 22.8 Å². The minimum atomic E-state index is -3.96. The lowest BCUT2D eigenvalue weighted by atomic mass is 10.0. The zero-order chi connectivity index (χ0) is 23.1. The molecule has 0 saturated carbocycles. The first kappa shape index (κ1) is 23.3. The molecule has 32 heavy (non-hydrogen) atoms. The van der Waals surface area contributed by atoms with E-state index < -0.39 is 15.9 Å². The monoisotopic (exact) mass is 452 g/mol. The number of amides is 1. The lowest BCUT2D eigenvalue weighted by Crippen LogP contribution is -2.38. The number of hydrogen-bond acceptors (Lipinski definition) is 4. The molecule has 0 heterocycles. The topological polar surface area (TPSA) is 75.7 Å². The largest absolute Gasteiger partial charge is 0.494 e. The molecule has 3 rings (SSSR count). The number of carbonyl (C=O) groups excluding carboxylic acids is 1. The number of carbonyl (C=O) groups is 1. The van der Waals surface area contributed by atoms with E-state index >= 15 is 0 Å². The second-order valence-corrected chi connectivity index (χ2v) is 9.40. The third-order valence-electron chi connectivity index (χ3n) is 4.91. The Bertz CT molecular complexity index is 1140. The average molecular weight is 453 g/mol. The van der Waals surface area contributed by atoms with Gasteiger partial charge in [-0.3, -0.25) is 9.10 Å². The molecule has 0 unspecified atom stereocenters. The number of sulfonamides is 1. The van der Waals surface area contributed by atoms with Gasteiger partial charge in [0.05, 0.1) is 17.2 Å². The minimum Gasteiger partial charge on any atom is -0.494 e. The van der Waals surface area contributed by atoms with Crippen molar-refractivity contribution in [1.29, 1.82) is 0 Å². The van der Waals surface area contributed by atoms with Crippen LogP contribution in [0.4, 0.5) is 11.4 Å². The summed E-state index contributed by atoms with van der Waals surface area (Å²) in [4.78, 5) is 13.1. The summed E-state index contributed by atoms with van der Waals surface area (Å²) in [7, 11) is -3.96. The molecular weight excluding hydrogens is 424 g/mol. The molecule has 0 aromatic heterocycles. The van der Waals surface area contributed by atoms with Crippen molar-refractivity contribution in [2.24, 2.45) is 0 Å². The van der Waals surface area contributed by atoms with Crippen LogP contribution in [0, 0.1) is 0 Å². The van der Waals surface area contributed by atoms with Crippen LogP contribution in [-0.4, -0.2) is 27.5 Å². The second-order valence-electron chi connectivity index (χ2n) is 7.54. The normalized spacial score (nSPS) is 11.2. The first-order chi connectivity index (χ1) is 15.3. The van der Waals surface area contributed by atoms with Gasteiger partial charge in [-0.15, -0.1) is 0 Å². The Hall–Kier alpha value is -3.32. The van der Waals surface area contributed by atoms with Crippen molar-refractivity contribution in [2.45, 2.75) is 31.6 Å². The smallest absolute Gasteiger partial charge is 0.264 e. The number of benzene rings is 3. The molecule has 0 aliphatic heterocycles. The Labute approximate surface area is 189 Å². The van der Waals surface area contributed by atoms with Gasteiger partial charge in [0.2, 0.25) is 5.91 Å². The summed E-state index contributed by atoms with van der Waals surface area (Å²) in [5, 5.41) is 2.88. The molecule has 1 N–H and O–H groups in total. The van der Waals surface area contributed by atoms with Crippen LogP contribution in [0.3, 0.4) is 0 Å². The van der Waals surface area contributed by atoms with E-state index in [0.717, 1.165) is 9.87 Å². The van der Waals surface area contributed by atoms with Gasteiger partial charge < -0.3 is 10.1 Å². The summed E-state index contributed by atoms with van der Waals surface area (Å²) in [5.41, 5.74) is 2.04. The van der Waals surface area contributed by atoms with Gasteiger partial charge in [-0.2, -0.15) is 0 Å². The molecule has 0 radical (unpaired) electrons. The zero-order valence-corrected chi connectivity index (χ0v) is 19.3. The fourth-order valence-corrected chi connectivity index (χ4v) is 4.79. The van der Waals surface area contributed by atoms with E-state index in [0.29, 0.717) is 23.7 Å². The molecular formula is C25H28N2O4S. The van der Waals surface area contributed by atoms with Gasteiger partial charge in [-0.1, -0.05) is 50.2 Å². The summed E-state index contributed by atoms with van der Waals surface area (Å²) in [6.45, 7) is 6.09. The van der Waals surface area contributed by atoms with E-state index in [1.807, 2.05) is 45.0 Å². The molecule has 3 aromatic rings. The standard InChI is InChI=1S/C25H28N2O4S/c1-4-31-21-16-14-20(15-17-21)27(32(29,30)22-10-6-5-7-11-22)18-25(28)26-24-13-9-8-12-23(24)19(2)3/h5-17,19H,4,18H2,1-3H3,(H,26,28). The molecule has 6 nitrogen and oxygen atoms in total. The van der Waals surface area contributed by atoms with Gasteiger partial charge in [0.15, 0.2) is 0 Å². The van der Waals surface area contributed by atoms with E-state index in [1.54, 1.807) is 42.5 Å². The summed E-state index contributed by atoms with van der Waals surface area (Å²) in [6, 6.07) is 22.3. The number of ether oxygens (including phenoxy) is 1. The summed E-state index contributed by atoms with van der Waals surface area (Å²) < 4.78 is 33.4. The first-order valence-electron chi connectivity index (χ1n) is 10.5. The lowest BCUT2D eigenvalue weighted by Gasteiger charge is -2.24. The first-order valence-corrected chi connectivity index (χ1v) is 12.0. The Morgan fingerprint density at radius 3 is 2.19 bits per heavy atom. The molecule has 0 spiro atoms. The summed E-state index contributed by atoms with van der Waals surface area (Å²) in [5.74, 6) is 0.414. The van der Waals surface area contributed by atoms with Gasteiger partial charge in [0, 0.05) is 5.69 Å². The number of nitrogens with one attached hydrogen (secondary N) is 1. The molecule has 0 saturated heterocycles. The molecule has 0 fully saturated rings. The van der Waals surface area contributed by atoms with Crippen molar-refractivity contribution >= 4 is 27.3 Å². The maximum atomic E-state index is 13.4. The van der Waals surface area contributed by atoms with Crippen LogP contribution in [0.5, 0.6) is 5.75 Å². The van der Waals surface area contributed by atoms with Crippen LogP contribution in [0.2, 0.25) is 0 Å². The average Bonchev–Trinajstić information content (AvgIpc) is 2.79. The van der Waals surface area contributed by atoms with E-state index in [9.17, 15) is 13.2 Å². The summed E-state index contributed by atoms with van der Waals surface area (Å²) in [6.07, 6.45) is 0. The molecule has 7 heteroatoms. The van der Waals surface area contributed by atoms with Crippen LogP contribution in [-0.2, 0) is 14.8 Å². The van der Waals surface area contributed by atoms with E-state index in [-0.39, 0.29) is 17.4 Å². The van der Waals surface area contributed by atoms with Crippen LogP contribution >= 0.6 is 0 Å². The van der Waals surface area contributed by atoms with Gasteiger partial charge in [0.25, 0.3) is 10.0 Å². The number of nitrogens with zero attached hydrogens (tertiary/aromatic N) is 1. The predicted molar refractivity (Wildman–Crippen MR) is 128 cm³/mol. The van der Waals surface area contributed by atoms with Gasteiger partial charge in [0.1, 0.15) is 12.3 Å². The fraction of sp³-hybridized carbons (Fsp3) is 0.240. The Morgan fingerprint density at radius 1 is 0.938 bits per heavy atom. The molecule has 1 amide bonds. The quantitative estimate of drug-likeness (QED) is 0.493. The Kier molecular flexibility index (Phi) is 7.53. The molecule has 0 atom stereocenters. The summed E-state index contributed by atoms with van der Waals surface area (Å²) >= 11 is 0. The minimum absolute atomic E-state index is 0.115. The molecule has 0 bridgehead atoms. The van der Waals surface area contributed by atoms with Gasteiger partial charge >= 0.3 is 0 Å². The number of para-hydroxylation sites is 1. The van der Waals surface area contributed by atoms with Crippen molar-refractivity contribution in [3.63, 3.8) is 0 Å². The highest BCUT2D eigenvalue weighted by Crippen LogP contribution is 2.27. The van der Waals surface area contributed by atoms with Crippen molar-refractivity contribution in [3.8, 4) is 5.75 Å². The van der Waals surface area contributed by atoms with Crippen molar-refractivity contribution in [1.82, 2.24) is 0 Å². The third kappa shape index (κ3) is 5.48.